The minimum Gasteiger partial charge on any atom is -0.386 e. The van der Waals surface area contributed by atoms with Gasteiger partial charge in [-0.1, -0.05) is 31.4 Å². The molecule has 1 aromatic carbocycles. The lowest BCUT2D eigenvalue weighted by atomic mass is 10.1. The predicted octanol–water partition coefficient (Wildman–Crippen LogP) is 2.21. The topological polar surface area (TPSA) is 69.1 Å². The van der Waals surface area contributed by atoms with Crippen LogP contribution in [0.1, 0.15) is 18.5 Å². The zero-order valence-electron chi connectivity index (χ0n) is 13.4. The van der Waals surface area contributed by atoms with Crippen LogP contribution < -0.4 is 16.4 Å². The molecular weight excluding hydrogens is 286 g/mol. The molecule has 1 saturated heterocycles. The monoisotopic (exact) mass is 311 g/mol. The molecule has 0 radical (unpaired) electrons. The van der Waals surface area contributed by atoms with Crippen LogP contribution in [-0.2, 0) is 6.54 Å². The lowest BCUT2D eigenvalue weighted by molar-refractivity contribution is 0.239. The van der Waals surface area contributed by atoms with E-state index in [1.54, 1.807) is 0 Å². The van der Waals surface area contributed by atoms with Crippen LogP contribution in [0.25, 0.3) is 10.9 Å². The van der Waals surface area contributed by atoms with E-state index < -0.39 is 0 Å². The lowest BCUT2D eigenvalue weighted by Crippen LogP contribution is -2.47. The maximum Gasteiger partial charge on any atom is 0.0918 e. The van der Waals surface area contributed by atoms with Crippen LogP contribution in [-0.4, -0.2) is 29.0 Å². The second-order valence-electron chi connectivity index (χ2n) is 6.13. The molecule has 5 heteroatoms. The minimum atomic E-state index is 0.353. The number of hydrogen-bond donors (Lipinski definition) is 4. The molecule has 2 aromatic rings. The molecule has 1 aliphatic rings. The molecular formula is C18H25N5. The molecule has 122 valence electrons. The van der Waals surface area contributed by atoms with Crippen molar-refractivity contribution in [2.75, 3.05) is 13.1 Å². The Hall–Kier alpha value is -2.56. The van der Waals surface area contributed by atoms with Gasteiger partial charge in [0.2, 0.25) is 0 Å². The molecule has 0 spiro atoms. The Morgan fingerprint density at radius 2 is 2.17 bits per heavy atom. The third-order valence-corrected chi connectivity index (χ3v) is 4.28. The average molecular weight is 311 g/mol. The van der Waals surface area contributed by atoms with Crippen molar-refractivity contribution in [3.8, 4) is 0 Å². The number of nitrogens with zero attached hydrogens (tertiary/aromatic N) is 1. The highest BCUT2D eigenvalue weighted by atomic mass is 15.2. The maximum atomic E-state index is 5.79. The van der Waals surface area contributed by atoms with Crippen molar-refractivity contribution >= 4 is 10.9 Å². The zero-order chi connectivity index (χ0) is 16.2. The zero-order valence-corrected chi connectivity index (χ0v) is 13.4. The van der Waals surface area contributed by atoms with Gasteiger partial charge in [0.15, 0.2) is 0 Å². The summed E-state index contributed by atoms with van der Waals surface area (Å²) in [6.45, 7) is 10.5. The van der Waals surface area contributed by atoms with Crippen molar-refractivity contribution in [3.05, 3.63) is 60.8 Å². The number of nitrogens with two attached hydrogens (primary N) is 1. The van der Waals surface area contributed by atoms with Crippen molar-refractivity contribution in [2.45, 2.75) is 25.4 Å². The van der Waals surface area contributed by atoms with Crippen LogP contribution in [0.3, 0.4) is 0 Å². The van der Waals surface area contributed by atoms with Crippen LogP contribution in [0.4, 0.5) is 0 Å². The molecule has 3 rings (SSSR count). The highest BCUT2D eigenvalue weighted by Crippen LogP contribution is 2.15. The largest absolute Gasteiger partial charge is 0.386 e. The fourth-order valence-corrected chi connectivity index (χ4v) is 3.08. The van der Waals surface area contributed by atoms with Crippen LogP contribution >= 0.6 is 0 Å². The molecule has 23 heavy (non-hydrogen) atoms. The van der Waals surface area contributed by atoms with Crippen molar-refractivity contribution in [3.63, 3.8) is 0 Å². The number of aromatic nitrogens is 1. The second-order valence-corrected chi connectivity index (χ2v) is 6.13. The van der Waals surface area contributed by atoms with Crippen molar-refractivity contribution in [1.29, 1.82) is 0 Å². The SMILES string of the molecule is C=C(NCc1cc2ccccc2[nH]1)NC1CCCN(C(=C)N)C1. The van der Waals surface area contributed by atoms with E-state index in [0.29, 0.717) is 11.9 Å². The van der Waals surface area contributed by atoms with E-state index in [0.717, 1.165) is 49.5 Å². The Bertz CT molecular complexity index is 669. The summed E-state index contributed by atoms with van der Waals surface area (Å²) >= 11 is 0. The van der Waals surface area contributed by atoms with Crippen molar-refractivity contribution in [1.82, 2.24) is 20.5 Å². The first kappa shape index (κ1) is 15.3. The molecule has 1 aliphatic heterocycles. The molecule has 1 unspecified atom stereocenters. The molecule has 5 nitrogen and oxygen atoms in total. The van der Waals surface area contributed by atoms with Gasteiger partial charge in [-0.05, 0) is 30.4 Å². The third-order valence-electron chi connectivity index (χ3n) is 4.28. The van der Waals surface area contributed by atoms with E-state index in [4.69, 9.17) is 5.73 Å². The fraction of sp³-hybridized carbons (Fsp3) is 0.333. The Labute approximate surface area is 137 Å². The summed E-state index contributed by atoms with van der Waals surface area (Å²) in [5.74, 6) is 1.49. The number of aromatic amines is 1. The van der Waals surface area contributed by atoms with E-state index in [-0.39, 0.29) is 0 Å². The van der Waals surface area contributed by atoms with Gasteiger partial charge in [-0.3, -0.25) is 0 Å². The van der Waals surface area contributed by atoms with E-state index in [1.165, 1.54) is 5.39 Å². The highest BCUT2D eigenvalue weighted by Gasteiger charge is 2.19. The second kappa shape index (κ2) is 6.69. The van der Waals surface area contributed by atoms with Gasteiger partial charge in [0.25, 0.3) is 0 Å². The summed E-state index contributed by atoms with van der Waals surface area (Å²) in [7, 11) is 0. The van der Waals surface area contributed by atoms with Gasteiger partial charge >= 0.3 is 0 Å². The molecule has 0 saturated carbocycles. The Kier molecular flexibility index (Phi) is 4.46. The van der Waals surface area contributed by atoms with E-state index >= 15 is 0 Å². The summed E-state index contributed by atoms with van der Waals surface area (Å²) in [6, 6.07) is 10.8. The Morgan fingerprint density at radius 1 is 1.35 bits per heavy atom. The number of likely N-dealkylation sites (tertiary alicyclic amines) is 1. The van der Waals surface area contributed by atoms with Crippen molar-refractivity contribution < 1.29 is 0 Å². The molecule has 1 fully saturated rings. The predicted molar refractivity (Wildman–Crippen MR) is 95.3 cm³/mol. The van der Waals surface area contributed by atoms with E-state index in [1.807, 2.05) is 12.1 Å². The standard InChI is InChI=1S/C18H25N5/c1-13(19)23-9-5-7-16(12-23)21-14(2)20-11-17-10-15-6-3-4-8-18(15)22-17/h3-4,6,8,10,16,20-22H,1-2,5,7,9,11-12,19H2. The number of rotatable bonds is 6. The molecule has 2 heterocycles. The smallest absolute Gasteiger partial charge is 0.0918 e. The fourth-order valence-electron chi connectivity index (χ4n) is 3.08. The Balaban J connectivity index is 1.50. The van der Waals surface area contributed by atoms with Crippen molar-refractivity contribution in [2.24, 2.45) is 5.73 Å². The van der Waals surface area contributed by atoms with Crippen LogP contribution in [0.15, 0.2) is 55.1 Å². The van der Waals surface area contributed by atoms with E-state index in [9.17, 15) is 0 Å². The van der Waals surface area contributed by atoms with Gasteiger partial charge in [-0.15, -0.1) is 0 Å². The first-order chi connectivity index (χ1) is 11.1. The average Bonchev–Trinajstić information content (AvgIpc) is 2.96. The number of piperidine rings is 1. The summed E-state index contributed by atoms with van der Waals surface area (Å²) in [4.78, 5) is 5.53. The first-order valence-electron chi connectivity index (χ1n) is 8.07. The van der Waals surface area contributed by atoms with Crippen LogP contribution in [0.5, 0.6) is 0 Å². The van der Waals surface area contributed by atoms with Crippen LogP contribution in [0.2, 0.25) is 0 Å². The van der Waals surface area contributed by atoms with Gasteiger partial charge in [0, 0.05) is 30.3 Å². The summed E-state index contributed by atoms with van der Waals surface area (Å²) < 4.78 is 0. The van der Waals surface area contributed by atoms with Gasteiger partial charge in [-0.25, -0.2) is 0 Å². The lowest BCUT2D eigenvalue weighted by Gasteiger charge is -2.35. The number of benzene rings is 1. The van der Waals surface area contributed by atoms with Gasteiger partial charge in [0.1, 0.15) is 0 Å². The number of H-pyrrole nitrogens is 1. The number of fused-ring (bicyclic) bond motifs is 1. The molecule has 1 atom stereocenters. The highest BCUT2D eigenvalue weighted by molar-refractivity contribution is 5.80. The number of para-hydroxylation sites is 1. The summed E-state index contributed by atoms with van der Waals surface area (Å²) in [6.07, 6.45) is 2.24. The maximum absolute atomic E-state index is 5.79. The number of hydrogen-bond acceptors (Lipinski definition) is 4. The molecule has 0 aliphatic carbocycles. The van der Waals surface area contributed by atoms with E-state index in [2.05, 4.69) is 51.9 Å². The van der Waals surface area contributed by atoms with Gasteiger partial charge < -0.3 is 26.3 Å². The van der Waals surface area contributed by atoms with Gasteiger partial charge in [-0.2, -0.15) is 0 Å². The number of nitrogens with one attached hydrogen (secondary N) is 3. The molecule has 5 N–H and O–H groups in total. The van der Waals surface area contributed by atoms with Crippen LogP contribution in [0, 0.1) is 0 Å². The Morgan fingerprint density at radius 3 is 2.96 bits per heavy atom. The molecule has 1 aromatic heterocycles. The minimum absolute atomic E-state index is 0.353. The normalized spacial score (nSPS) is 17.9. The summed E-state index contributed by atoms with van der Waals surface area (Å²) in [5, 5.41) is 8.02. The summed E-state index contributed by atoms with van der Waals surface area (Å²) in [5.41, 5.74) is 8.10. The first-order valence-corrected chi connectivity index (χ1v) is 8.07. The molecule has 0 bridgehead atoms. The molecule has 0 amide bonds. The van der Waals surface area contributed by atoms with Gasteiger partial charge in [0.05, 0.1) is 18.2 Å². The quantitative estimate of drug-likeness (QED) is 0.660. The third kappa shape index (κ3) is 3.80.